The topological polar surface area (TPSA) is 74.6 Å². The van der Waals surface area contributed by atoms with Gasteiger partial charge >= 0.3 is 5.97 Å². The van der Waals surface area contributed by atoms with Gasteiger partial charge in [-0.2, -0.15) is 0 Å². The van der Waals surface area contributed by atoms with Gasteiger partial charge in [0, 0.05) is 6.42 Å². The number of rotatable bonds is 6. The molecular formula is C13H15ClO4. The number of aliphatic hydroxyl groups excluding tert-OH is 1. The number of carbonyl (C=O) groups is 2. The van der Waals surface area contributed by atoms with Crippen molar-refractivity contribution >= 4 is 23.4 Å². The minimum Gasteiger partial charge on any atom is -0.479 e. The molecule has 4 nitrogen and oxygen atoms in total. The number of aryl methyl sites for hydroxylation is 1. The van der Waals surface area contributed by atoms with Crippen molar-refractivity contribution in [3.8, 4) is 0 Å². The number of hydrogen-bond acceptors (Lipinski definition) is 3. The van der Waals surface area contributed by atoms with E-state index in [0.717, 1.165) is 12.0 Å². The molecule has 0 aliphatic rings. The minimum absolute atomic E-state index is 0.0387. The Hall–Kier alpha value is -1.39. The summed E-state index contributed by atoms with van der Waals surface area (Å²) in [7, 11) is 0. The van der Waals surface area contributed by atoms with Crippen LogP contribution in [0.2, 0.25) is 0 Å². The standard InChI is InChI=1S/C13H15ClO4/c1-2-8-3-4-11(12(16)13(17)18)9(5-8)6-10(15)7-14/h3-5,12,16H,2,6-7H2,1H3,(H,17,18). The molecule has 5 heteroatoms. The number of alkyl halides is 1. The van der Waals surface area contributed by atoms with E-state index in [0.29, 0.717) is 5.56 Å². The molecule has 0 saturated heterocycles. The molecule has 0 fully saturated rings. The number of ketones is 1. The fraction of sp³-hybridized carbons (Fsp3) is 0.385. The van der Waals surface area contributed by atoms with Crippen LogP contribution in [0.3, 0.4) is 0 Å². The van der Waals surface area contributed by atoms with Gasteiger partial charge in [0.25, 0.3) is 0 Å². The average molecular weight is 271 g/mol. The van der Waals surface area contributed by atoms with Crippen molar-refractivity contribution in [3.63, 3.8) is 0 Å². The fourth-order valence-corrected chi connectivity index (χ4v) is 1.79. The molecule has 0 aliphatic carbocycles. The third-order valence-corrected chi connectivity index (χ3v) is 2.98. The van der Waals surface area contributed by atoms with E-state index in [2.05, 4.69) is 0 Å². The second-order valence-electron chi connectivity index (χ2n) is 3.98. The van der Waals surface area contributed by atoms with E-state index >= 15 is 0 Å². The highest BCUT2D eigenvalue weighted by Crippen LogP contribution is 2.21. The number of benzene rings is 1. The lowest BCUT2D eigenvalue weighted by Crippen LogP contribution is -2.15. The molecule has 0 amide bonds. The van der Waals surface area contributed by atoms with Crippen molar-refractivity contribution in [2.75, 3.05) is 5.88 Å². The first-order valence-electron chi connectivity index (χ1n) is 5.59. The monoisotopic (exact) mass is 270 g/mol. The molecule has 0 heterocycles. The number of carbonyl (C=O) groups excluding carboxylic acids is 1. The minimum atomic E-state index is -1.62. The first-order valence-corrected chi connectivity index (χ1v) is 6.13. The molecule has 0 saturated carbocycles. The zero-order valence-corrected chi connectivity index (χ0v) is 10.8. The van der Waals surface area contributed by atoms with Crippen molar-refractivity contribution < 1.29 is 19.8 Å². The van der Waals surface area contributed by atoms with Crippen LogP contribution in [-0.4, -0.2) is 27.8 Å². The number of hydrogen-bond donors (Lipinski definition) is 2. The number of halogens is 1. The predicted molar refractivity (Wildman–Crippen MR) is 67.8 cm³/mol. The Kier molecular flexibility index (Phi) is 5.31. The summed E-state index contributed by atoms with van der Waals surface area (Å²) in [6.45, 7) is 1.95. The van der Waals surface area contributed by atoms with Crippen LogP contribution in [0.1, 0.15) is 29.7 Å². The molecule has 98 valence electrons. The summed E-state index contributed by atoms with van der Waals surface area (Å²) >= 11 is 5.44. The SMILES string of the molecule is CCc1ccc(C(O)C(=O)O)c(CC(=O)CCl)c1. The molecule has 0 bridgehead atoms. The maximum Gasteiger partial charge on any atom is 0.337 e. The zero-order valence-electron chi connectivity index (χ0n) is 10.0. The van der Waals surface area contributed by atoms with Crippen LogP contribution in [-0.2, 0) is 22.4 Å². The lowest BCUT2D eigenvalue weighted by molar-refractivity contribution is -0.147. The summed E-state index contributed by atoms with van der Waals surface area (Å²) in [4.78, 5) is 22.2. The van der Waals surface area contributed by atoms with Gasteiger partial charge in [-0.05, 0) is 23.1 Å². The summed E-state index contributed by atoms with van der Waals surface area (Å²) in [6.07, 6.45) is -0.809. The second kappa shape index (κ2) is 6.52. The predicted octanol–water partition coefficient (Wildman–Crippen LogP) is 1.72. The van der Waals surface area contributed by atoms with E-state index in [4.69, 9.17) is 16.7 Å². The van der Waals surface area contributed by atoms with Crippen molar-refractivity contribution in [1.29, 1.82) is 0 Å². The Balaban J connectivity index is 3.15. The zero-order chi connectivity index (χ0) is 13.7. The smallest absolute Gasteiger partial charge is 0.337 e. The Morgan fingerprint density at radius 1 is 1.39 bits per heavy atom. The third-order valence-electron chi connectivity index (χ3n) is 2.68. The molecule has 1 aromatic carbocycles. The Morgan fingerprint density at radius 3 is 2.56 bits per heavy atom. The van der Waals surface area contributed by atoms with Gasteiger partial charge in [0.15, 0.2) is 11.9 Å². The van der Waals surface area contributed by atoms with Gasteiger partial charge in [0.2, 0.25) is 0 Å². The molecule has 0 radical (unpaired) electrons. The number of carboxylic acids is 1. The second-order valence-corrected chi connectivity index (χ2v) is 4.24. The largest absolute Gasteiger partial charge is 0.479 e. The van der Waals surface area contributed by atoms with Crippen LogP contribution < -0.4 is 0 Å². The number of Topliss-reactive ketones (excluding diaryl/α,β-unsaturated/α-hetero) is 1. The Labute approximate surface area is 110 Å². The van der Waals surface area contributed by atoms with Gasteiger partial charge in [-0.1, -0.05) is 25.1 Å². The maximum atomic E-state index is 11.4. The highest BCUT2D eigenvalue weighted by atomic mass is 35.5. The third kappa shape index (κ3) is 3.55. The number of aliphatic carboxylic acids is 1. The van der Waals surface area contributed by atoms with Gasteiger partial charge in [0.1, 0.15) is 0 Å². The van der Waals surface area contributed by atoms with Crippen LogP contribution in [0, 0.1) is 0 Å². The average Bonchev–Trinajstić information content (AvgIpc) is 2.37. The molecule has 0 aromatic heterocycles. The molecule has 1 aromatic rings. The van der Waals surface area contributed by atoms with Crippen LogP contribution >= 0.6 is 11.6 Å². The summed E-state index contributed by atoms with van der Waals surface area (Å²) in [5, 5.41) is 18.4. The van der Waals surface area contributed by atoms with E-state index in [-0.39, 0.29) is 23.6 Å². The first-order chi connectivity index (χ1) is 8.49. The van der Waals surface area contributed by atoms with Crippen LogP contribution in [0.25, 0.3) is 0 Å². The summed E-state index contributed by atoms with van der Waals surface area (Å²) in [6, 6.07) is 5.04. The van der Waals surface area contributed by atoms with E-state index < -0.39 is 12.1 Å². The van der Waals surface area contributed by atoms with E-state index in [1.54, 1.807) is 18.2 Å². The Bertz CT molecular complexity index is 456. The van der Waals surface area contributed by atoms with E-state index in [1.165, 1.54) is 0 Å². The highest BCUT2D eigenvalue weighted by molar-refractivity contribution is 6.27. The number of aliphatic hydroxyl groups is 1. The van der Waals surface area contributed by atoms with Crippen molar-refractivity contribution in [2.24, 2.45) is 0 Å². The van der Waals surface area contributed by atoms with Gasteiger partial charge in [-0.25, -0.2) is 4.79 Å². The van der Waals surface area contributed by atoms with Gasteiger partial charge in [0.05, 0.1) is 5.88 Å². The molecular weight excluding hydrogens is 256 g/mol. The fourth-order valence-electron chi connectivity index (χ4n) is 1.69. The molecule has 2 N–H and O–H groups in total. The molecule has 1 atom stereocenters. The van der Waals surface area contributed by atoms with Crippen LogP contribution in [0.5, 0.6) is 0 Å². The number of carboxylic acid groups (broad SMARTS) is 1. The normalized spacial score (nSPS) is 12.2. The van der Waals surface area contributed by atoms with Crippen LogP contribution in [0.4, 0.5) is 0 Å². The van der Waals surface area contributed by atoms with Crippen LogP contribution in [0.15, 0.2) is 18.2 Å². The molecule has 18 heavy (non-hydrogen) atoms. The summed E-state index contributed by atoms with van der Waals surface area (Å²) in [5.74, 6) is -1.67. The molecule has 1 unspecified atom stereocenters. The van der Waals surface area contributed by atoms with Gasteiger partial charge < -0.3 is 10.2 Å². The molecule has 0 spiro atoms. The van der Waals surface area contributed by atoms with E-state index in [1.807, 2.05) is 6.92 Å². The lowest BCUT2D eigenvalue weighted by Gasteiger charge is -2.13. The highest BCUT2D eigenvalue weighted by Gasteiger charge is 2.20. The van der Waals surface area contributed by atoms with Crippen molar-refractivity contribution in [2.45, 2.75) is 25.9 Å². The molecule has 0 aliphatic heterocycles. The first kappa shape index (κ1) is 14.7. The quantitative estimate of drug-likeness (QED) is 0.772. The van der Waals surface area contributed by atoms with E-state index in [9.17, 15) is 14.7 Å². The summed E-state index contributed by atoms with van der Waals surface area (Å²) < 4.78 is 0. The van der Waals surface area contributed by atoms with Crippen molar-refractivity contribution in [1.82, 2.24) is 0 Å². The van der Waals surface area contributed by atoms with Gasteiger partial charge in [-0.15, -0.1) is 11.6 Å². The molecule has 1 rings (SSSR count). The summed E-state index contributed by atoms with van der Waals surface area (Å²) in [5.41, 5.74) is 1.75. The van der Waals surface area contributed by atoms with Gasteiger partial charge in [-0.3, -0.25) is 4.79 Å². The van der Waals surface area contributed by atoms with Crippen molar-refractivity contribution in [3.05, 3.63) is 34.9 Å². The maximum absolute atomic E-state index is 11.4. The Morgan fingerprint density at radius 2 is 2.06 bits per heavy atom. The lowest BCUT2D eigenvalue weighted by atomic mass is 9.95.